The average molecular weight is 958 g/mol. The second kappa shape index (κ2) is 64.0. The van der Waals surface area contributed by atoms with Gasteiger partial charge in [-0.25, -0.2) is 0 Å². The minimum absolute atomic E-state index is 0.500. The Labute approximate surface area is 437 Å². The molecular weight excluding hydrogens is 805 g/mol. The molecule has 0 aromatic carbocycles. The molecular formula is C67H152. The zero-order valence-corrected chi connectivity index (χ0v) is 55.2. The predicted molar refractivity (Wildman–Crippen MR) is 327 cm³/mol. The first kappa shape index (κ1) is 86.8. The summed E-state index contributed by atoms with van der Waals surface area (Å²) < 4.78 is 0. The fourth-order valence-electron chi connectivity index (χ4n) is 4.08. The van der Waals surface area contributed by atoms with Gasteiger partial charge in [-0.15, -0.1) is 0 Å². The molecule has 0 radical (unpaired) electrons. The van der Waals surface area contributed by atoms with Gasteiger partial charge in [0.05, 0.1) is 0 Å². The molecule has 1 atom stereocenters. The van der Waals surface area contributed by atoms with Gasteiger partial charge in [0.1, 0.15) is 0 Å². The molecule has 3 fully saturated rings. The smallest absolute Gasteiger partial charge is 0.0385 e. The fourth-order valence-corrected chi connectivity index (χ4v) is 4.08. The van der Waals surface area contributed by atoms with Gasteiger partial charge < -0.3 is 0 Å². The van der Waals surface area contributed by atoms with Crippen molar-refractivity contribution in [1.29, 1.82) is 0 Å². The summed E-state index contributed by atoms with van der Waals surface area (Å²) >= 11 is 0. The van der Waals surface area contributed by atoms with Gasteiger partial charge in [-0.2, -0.15) is 0 Å². The molecule has 0 nitrogen and oxygen atoms in total. The highest BCUT2D eigenvalue weighted by Crippen LogP contribution is 2.27. The predicted octanol–water partition coefficient (Wildman–Crippen LogP) is 26.5. The summed E-state index contributed by atoms with van der Waals surface area (Å²) in [5.74, 6) is 10.3. The van der Waals surface area contributed by atoms with Crippen LogP contribution in [0.15, 0.2) is 0 Å². The van der Waals surface area contributed by atoms with Gasteiger partial charge in [0.15, 0.2) is 0 Å². The van der Waals surface area contributed by atoms with Gasteiger partial charge in [0.25, 0.3) is 0 Å². The zero-order valence-electron chi connectivity index (χ0n) is 55.2. The lowest BCUT2D eigenvalue weighted by Crippen LogP contribution is -2.04. The van der Waals surface area contributed by atoms with E-state index in [-0.39, 0.29) is 0 Å². The van der Waals surface area contributed by atoms with Crippen LogP contribution in [-0.4, -0.2) is 0 Å². The number of rotatable bonds is 12. The van der Waals surface area contributed by atoms with Crippen LogP contribution in [0.4, 0.5) is 0 Å². The minimum atomic E-state index is 0.500. The third-order valence-electron chi connectivity index (χ3n) is 12.0. The molecule has 0 aromatic rings. The number of hydrogen-bond acceptors (Lipinski definition) is 0. The second-order valence-corrected chi connectivity index (χ2v) is 27.0. The maximum atomic E-state index is 2.34. The average Bonchev–Trinajstić information content (AvgIpc) is 3.84. The SMILES string of the molecule is CC(C)(C)C.CC(C)C.CC(C)C(C)C.CC1CC1.CC1CCC1.CC1CCCC1.CCC(C)(C)C.CCC(C)C.CCC(C)CC.CCCC(C)C.CCCCC(C)C.CCC[C@H](C)CC. The quantitative estimate of drug-likeness (QED) is 0.183. The lowest BCUT2D eigenvalue weighted by atomic mass is 9.88. The normalized spacial score (nSPS) is 14.3. The highest BCUT2D eigenvalue weighted by Gasteiger charge is 2.12. The first-order chi connectivity index (χ1) is 30.5. The lowest BCUT2D eigenvalue weighted by Gasteiger charge is -2.18. The molecule has 0 heterocycles. The van der Waals surface area contributed by atoms with E-state index in [9.17, 15) is 0 Å². The third-order valence-corrected chi connectivity index (χ3v) is 12.0. The summed E-state index contributed by atoms with van der Waals surface area (Å²) in [6.07, 6.45) is 29.5. The van der Waals surface area contributed by atoms with Gasteiger partial charge in [0, 0.05) is 0 Å². The summed E-state index contributed by atoms with van der Waals surface area (Å²) in [7, 11) is 0. The van der Waals surface area contributed by atoms with Crippen LogP contribution in [0.3, 0.4) is 0 Å². The molecule has 0 saturated heterocycles. The molecule has 3 saturated carbocycles. The van der Waals surface area contributed by atoms with Crippen LogP contribution in [0.1, 0.15) is 363 Å². The van der Waals surface area contributed by atoms with E-state index in [1.165, 1.54) is 135 Å². The largest absolute Gasteiger partial charge is 0.0654 e. The Hall–Kier alpha value is 0. The Kier molecular flexibility index (Phi) is 82.9. The van der Waals surface area contributed by atoms with Crippen molar-refractivity contribution in [2.24, 2.45) is 75.9 Å². The molecule has 0 spiro atoms. The van der Waals surface area contributed by atoms with Crippen molar-refractivity contribution < 1.29 is 0 Å². The van der Waals surface area contributed by atoms with Crippen LogP contribution in [0.2, 0.25) is 0 Å². The number of unbranched alkanes of at least 4 members (excludes halogenated alkanes) is 1. The van der Waals surface area contributed by atoms with Gasteiger partial charge in [-0.05, 0) is 75.9 Å². The lowest BCUT2D eigenvalue weighted by molar-refractivity contribution is 0.346. The van der Waals surface area contributed by atoms with Crippen molar-refractivity contribution in [2.45, 2.75) is 363 Å². The van der Waals surface area contributed by atoms with Crippen LogP contribution in [-0.2, 0) is 0 Å². The molecule has 420 valence electrons. The van der Waals surface area contributed by atoms with Crippen LogP contribution in [0.5, 0.6) is 0 Å². The van der Waals surface area contributed by atoms with Gasteiger partial charge in [-0.1, -0.05) is 363 Å². The molecule has 0 aromatic heterocycles. The molecule has 3 aliphatic rings. The van der Waals surface area contributed by atoms with Crippen molar-refractivity contribution >= 4 is 0 Å². The molecule has 0 aliphatic heterocycles. The molecule has 0 unspecified atom stereocenters. The molecule has 0 heteroatoms. The van der Waals surface area contributed by atoms with Crippen molar-refractivity contribution in [3.05, 3.63) is 0 Å². The second-order valence-electron chi connectivity index (χ2n) is 27.0. The molecule has 0 amide bonds. The summed E-state index contributed by atoms with van der Waals surface area (Å²) in [6.45, 7) is 73.8. The Morgan fingerprint density at radius 2 is 0.627 bits per heavy atom. The third kappa shape index (κ3) is 161. The maximum Gasteiger partial charge on any atom is -0.0385 e. The highest BCUT2D eigenvalue weighted by molar-refractivity contribution is 4.65. The van der Waals surface area contributed by atoms with Crippen molar-refractivity contribution in [3.63, 3.8) is 0 Å². The van der Waals surface area contributed by atoms with E-state index in [1.807, 2.05) is 0 Å². The maximum absolute atomic E-state index is 2.34. The van der Waals surface area contributed by atoms with Crippen molar-refractivity contribution in [2.75, 3.05) is 0 Å². The van der Waals surface area contributed by atoms with Crippen molar-refractivity contribution in [3.8, 4) is 0 Å². The van der Waals surface area contributed by atoms with E-state index < -0.39 is 0 Å². The summed E-state index contributed by atoms with van der Waals surface area (Å²) in [6, 6.07) is 0. The monoisotopic (exact) mass is 957 g/mol. The first-order valence-corrected chi connectivity index (χ1v) is 30.5. The molecule has 0 bridgehead atoms. The van der Waals surface area contributed by atoms with Crippen LogP contribution < -0.4 is 0 Å². The highest BCUT2D eigenvalue weighted by atomic mass is 14.2. The fraction of sp³-hybridized carbons (Fsp3) is 1.00. The Bertz CT molecular complexity index is 730. The minimum Gasteiger partial charge on any atom is -0.0654 e. The van der Waals surface area contributed by atoms with E-state index in [2.05, 4.69) is 228 Å². The molecule has 3 aliphatic carbocycles. The first-order valence-electron chi connectivity index (χ1n) is 30.5. The van der Waals surface area contributed by atoms with E-state index in [0.29, 0.717) is 10.8 Å². The standard InChI is InChI=1S/2C7H16.C6H12.4C6H14.C5H10.2C5H12.C4H8.C4H10/c1-4-5-6-7(2)3;1-4-6-7(3)5-2;1-6-4-2-3-5-6;1-5-6(2,3)4;1-5(2)6(3)4;1-4-5-6(2)3;1-4-6(3)5-2;1-5-3-2-4-5;1-5(2,3)4;1-4-5(2)3;1-4-2-3-4;1-4(2)3/h2*7H,4-6H2,1-3H3;6H,2-5H2,1H3;5H2,1-4H3;5-6H,1-4H3;2*6H,4-5H2,1-3H3;5H,2-4H2,1H3;1-4H3;5H,4H2,1-3H3;4H,2-3H2,1H3;4H,1-3H3/t;7-;;;;;;;;;;/m.1........../s1. The summed E-state index contributed by atoms with van der Waals surface area (Å²) in [5, 5.41) is 0. The number of hydrogen-bond donors (Lipinski definition) is 0. The van der Waals surface area contributed by atoms with Gasteiger partial charge in [0.2, 0.25) is 0 Å². The summed E-state index contributed by atoms with van der Waals surface area (Å²) in [5.41, 5.74) is 1.04. The summed E-state index contributed by atoms with van der Waals surface area (Å²) in [4.78, 5) is 0. The Morgan fingerprint density at radius 1 is 0.358 bits per heavy atom. The van der Waals surface area contributed by atoms with Crippen LogP contribution >= 0.6 is 0 Å². The molecule has 0 N–H and O–H groups in total. The Balaban J connectivity index is -0.0000000785. The van der Waals surface area contributed by atoms with E-state index in [4.69, 9.17) is 0 Å². The van der Waals surface area contributed by atoms with Gasteiger partial charge >= 0.3 is 0 Å². The van der Waals surface area contributed by atoms with Crippen LogP contribution in [0.25, 0.3) is 0 Å². The molecule has 67 heavy (non-hydrogen) atoms. The van der Waals surface area contributed by atoms with E-state index in [0.717, 1.165) is 65.1 Å². The van der Waals surface area contributed by atoms with E-state index >= 15 is 0 Å². The zero-order chi connectivity index (χ0) is 55.2. The topological polar surface area (TPSA) is 0 Å². The van der Waals surface area contributed by atoms with Crippen molar-refractivity contribution in [1.82, 2.24) is 0 Å². The Morgan fingerprint density at radius 3 is 0.672 bits per heavy atom. The van der Waals surface area contributed by atoms with Crippen LogP contribution in [0, 0.1) is 75.9 Å². The van der Waals surface area contributed by atoms with Gasteiger partial charge in [-0.3, -0.25) is 0 Å². The van der Waals surface area contributed by atoms with E-state index in [1.54, 1.807) is 0 Å². The molecule has 3 rings (SSSR count).